The zero-order valence-corrected chi connectivity index (χ0v) is 56.6. The number of hydrogen-bond donors (Lipinski definition) is 4. The number of aromatic nitrogens is 7. The third-order valence-corrected chi connectivity index (χ3v) is 20.7. The van der Waals surface area contributed by atoms with Gasteiger partial charge in [0.25, 0.3) is 23.6 Å². The van der Waals surface area contributed by atoms with Gasteiger partial charge >= 0.3 is 17.9 Å². The van der Waals surface area contributed by atoms with Gasteiger partial charge in [0.2, 0.25) is 17.7 Å². The predicted octanol–water partition coefficient (Wildman–Crippen LogP) is 8.82. The summed E-state index contributed by atoms with van der Waals surface area (Å²) in [5, 5.41) is 18.4. The second kappa shape index (κ2) is 28.9. The van der Waals surface area contributed by atoms with Crippen LogP contribution in [0.2, 0.25) is 0 Å². The number of nitrogens with zero attached hydrogens (tertiary/aromatic N) is 9. The fraction of sp³-hybridized carbons (Fsp3) is 0.266. The molecule has 0 saturated carbocycles. The first-order valence-electron chi connectivity index (χ1n) is 29.4. The lowest BCUT2D eigenvalue weighted by molar-refractivity contribution is -0.149. The van der Waals surface area contributed by atoms with Gasteiger partial charge in [-0.05, 0) is 42.3 Å². The molecule has 9 heterocycles. The summed E-state index contributed by atoms with van der Waals surface area (Å²) in [5.41, 5.74) is 8.18. The van der Waals surface area contributed by atoms with Crippen LogP contribution in [0.4, 0.5) is 0 Å². The molecule has 0 unspecified atom stereocenters. The van der Waals surface area contributed by atoms with Crippen molar-refractivity contribution in [3.63, 3.8) is 0 Å². The summed E-state index contributed by atoms with van der Waals surface area (Å²) >= 11 is 6.66. The van der Waals surface area contributed by atoms with Gasteiger partial charge in [-0.15, -0.1) is 74.6 Å². The average Bonchev–Trinajstić information content (AvgIpc) is 1.61. The quantitative estimate of drug-likeness (QED) is 0.0475. The van der Waals surface area contributed by atoms with Gasteiger partial charge in [-0.1, -0.05) is 55.5 Å². The number of primary amides is 1. The van der Waals surface area contributed by atoms with Crippen LogP contribution in [0.1, 0.15) is 138 Å². The fourth-order valence-corrected chi connectivity index (χ4v) is 16.1. The summed E-state index contributed by atoms with van der Waals surface area (Å²) in [6, 6.07) is 13.6. The Kier molecular flexibility index (Phi) is 20.3. The zero-order valence-electron chi connectivity index (χ0n) is 51.8. The minimum atomic E-state index is -1.35. The number of carbonyl (C=O) groups is 10. The first-order chi connectivity index (χ1) is 46.0. The number of carbonyl (C=O) groups excluding carboxylic acids is 10. The van der Waals surface area contributed by atoms with Gasteiger partial charge in [0.1, 0.15) is 93.8 Å². The van der Waals surface area contributed by atoms with E-state index in [0.717, 1.165) is 50.2 Å². The highest BCUT2D eigenvalue weighted by atomic mass is 32.1. The molecule has 32 heteroatoms. The monoisotopic (exact) mass is 1410 g/mol. The van der Waals surface area contributed by atoms with E-state index in [1.54, 1.807) is 84.4 Å². The summed E-state index contributed by atoms with van der Waals surface area (Å²) in [5.74, 6) is -7.02. The highest BCUT2D eigenvalue weighted by Crippen LogP contribution is 2.44. The molecular weight excluding hydrogens is 1350 g/mol. The van der Waals surface area contributed by atoms with E-state index in [4.69, 9.17) is 44.9 Å². The van der Waals surface area contributed by atoms with Crippen LogP contribution in [0.25, 0.3) is 43.4 Å². The molecule has 7 amide bonds. The molecule has 0 spiro atoms. The van der Waals surface area contributed by atoms with Crippen LogP contribution in [0, 0.1) is 12.8 Å². The number of nitrogens with two attached hydrogens (primary N) is 1. The molecule has 2 aromatic carbocycles. The molecule has 10 bridgehead atoms. The molecule has 0 radical (unpaired) electrons. The Balaban J connectivity index is 1.04. The van der Waals surface area contributed by atoms with Gasteiger partial charge in [-0.2, -0.15) is 0 Å². The summed E-state index contributed by atoms with van der Waals surface area (Å²) in [6.07, 6.45) is -1.21. The van der Waals surface area contributed by atoms with Crippen LogP contribution in [0.15, 0.2) is 106 Å². The largest absolute Gasteiger partial charge is 0.460 e. The topological polar surface area (TPSA) is 357 Å². The number of hydrogen-bond acceptors (Lipinski definition) is 26. The summed E-state index contributed by atoms with van der Waals surface area (Å²) in [6.45, 7) is 11.9. The maximum Gasteiger partial charge on any atom is 0.308 e. The number of fused-ring (bicyclic) bond motifs is 16. The molecule has 5 N–H and O–H groups in total. The van der Waals surface area contributed by atoms with E-state index in [1.165, 1.54) is 77.5 Å². The first kappa shape index (κ1) is 67.4. The third-order valence-electron chi connectivity index (χ3n) is 15.2. The van der Waals surface area contributed by atoms with Crippen molar-refractivity contribution in [3.8, 4) is 49.1 Å². The van der Waals surface area contributed by atoms with Crippen molar-refractivity contribution < 1.29 is 62.2 Å². The Hall–Kier alpha value is -9.99. The Bertz CT molecular complexity index is 4540. The maximum atomic E-state index is 15.6. The molecule has 2 aliphatic rings. The smallest absolute Gasteiger partial charge is 0.308 e. The predicted molar refractivity (Wildman–Crippen MR) is 357 cm³/mol. The van der Waals surface area contributed by atoms with Crippen molar-refractivity contribution in [2.24, 2.45) is 11.7 Å². The number of imide groups is 1. The number of rotatable bonds is 13. The van der Waals surface area contributed by atoms with Crippen molar-refractivity contribution >= 4 is 127 Å². The molecule has 96 heavy (non-hydrogen) atoms. The van der Waals surface area contributed by atoms with Gasteiger partial charge in [0, 0.05) is 83.9 Å². The van der Waals surface area contributed by atoms with Crippen molar-refractivity contribution in [3.05, 3.63) is 160 Å². The van der Waals surface area contributed by atoms with Crippen molar-refractivity contribution in [2.75, 3.05) is 13.1 Å². The lowest BCUT2D eigenvalue weighted by atomic mass is 10.00. The standard InChI is InChI=1S/C64H57N13O13S6/c1-8-20-76(31(4)78)64(87)46-28-93-58(73-46)39-19-18-38-50(66-39)42-24-92-59(69-42)45-27-95-62(72-45)52-29(2)47(89-33(6)80)23-77(52)63(86)41(21-35-14-16-37(17-15-35)88-32(5)79)68-55(84)44-26-94-61(71-44)51(53(90-34(7)81)36-12-10-9-11-13-36)74-56(85)49-30(3)96-60(75-49)40(22-48(65)82)67-54(83)43-25-91-57(38)70-43/h8-19,24-29,40-41,47,51-53H,1,20-23H2,2-7H3,(H2,65,82)(H,67,83)(H,68,84)(H,74,85)/t29-,40-,41-,47+,51-,52-,53+/m0/s1. The maximum absolute atomic E-state index is 15.6. The van der Waals surface area contributed by atoms with E-state index >= 15 is 4.79 Å². The van der Waals surface area contributed by atoms with Gasteiger partial charge < -0.3 is 40.8 Å². The van der Waals surface area contributed by atoms with Crippen molar-refractivity contribution in [1.29, 1.82) is 0 Å². The van der Waals surface area contributed by atoms with E-state index < -0.39 is 108 Å². The second-order valence-electron chi connectivity index (χ2n) is 22.0. The molecule has 7 aromatic heterocycles. The van der Waals surface area contributed by atoms with Crippen LogP contribution < -0.4 is 26.4 Å². The number of pyridine rings is 1. The van der Waals surface area contributed by atoms with Gasteiger partial charge in [0.15, 0.2) is 6.10 Å². The Morgan fingerprint density at radius 1 is 0.667 bits per heavy atom. The number of nitrogens with one attached hydrogen (secondary N) is 3. The lowest BCUT2D eigenvalue weighted by Crippen LogP contribution is -2.50. The molecule has 2 aliphatic heterocycles. The van der Waals surface area contributed by atoms with Crippen molar-refractivity contribution in [1.82, 2.24) is 60.6 Å². The SMILES string of the molecule is C=CCN(C(C)=O)C(=O)c1csc(-c2ccc3c(n2)-c2csc(n2)-c2csc(n2)[C@@H]2[C@@H](C)[C@H](OC(C)=O)CN2C(=O)[C@H](Cc2ccc(OC(C)=O)cc2)NC(=O)c2csc(n2)[C@H]([C@H](OC(C)=O)c2ccccc2)NC(=O)c2nc(sc2C)[C@H](CC(N)=O)NC(=O)c2csc-3n2)n1. The molecule has 1 saturated heterocycles. The molecule has 26 nitrogen and oxygen atoms in total. The summed E-state index contributed by atoms with van der Waals surface area (Å²) in [4.78, 5) is 173. The number of benzene rings is 2. The second-order valence-corrected chi connectivity index (χ2v) is 27.6. The Morgan fingerprint density at radius 3 is 2.01 bits per heavy atom. The van der Waals surface area contributed by atoms with Gasteiger partial charge in [-0.25, -0.2) is 34.9 Å². The number of amides is 7. The van der Waals surface area contributed by atoms with E-state index in [2.05, 4.69) is 32.5 Å². The number of ether oxygens (including phenoxy) is 3. The number of aryl methyl sites for hydroxylation is 1. The molecule has 0 aliphatic carbocycles. The van der Waals surface area contributed by atoms with Crippen LogP contribution >= 0.6 is 68.0 Å². The lowest BCUT2D eigenvalue weighted by Gasteiger charge is -2.29. The minimum absolute atomic E-state index is 0.00106. The molecular formula is C64H57N13O13S6. The third kappa shape index (κ3) is 14.9. The van der Waals surface area contributed by atoms with Crippen LogP contribution in [-0.2, 0) is 44.7 Å². The van der Waals surface area contributed by atoms with E-state index in [-0.39, 0.29) is 63.7 Å². The highest BCUT2D eigenvalue weighted by Gasteiger charge is 2.48. The molecule has 11 rings (SSSR count). The highest BCUT2D eigenvalue weighted by molar-refractivity contribution is 7.15. The molecule has 7 atom stereocenters. The normalized spacial score (nSPS) is 18.4. The average molecular weight is 1410 g/mol. The van der Waals surface area contributed by atoms with Crippen molar-refractivity contribution in [2.45, 2.75) is 90.8 Å². The van der Waals surface area contributed by atoms with Gasteiger partial charge in [0.05, 0.1) is 30.7 Å². The number of thiazole rings is 6. The summed E-state index contributed by atoms with van der Waals surface area (Å²) < 4.78 is 17.1. The van der Waals surface area contributed by atoms with E-state index in [1.807, 2.05) is 6.92 Å². The van der Waals surface area contributed by atoms with Gasteiger partial charge in [-0.3, -0.25) is 52.8 Å². The Morgan fingerprint density at radius 2 is 1.31 bits per heavy atom. The molecule has 9 aromatic rings. The van der Waals surface area contributed by atoms with Crippen LogP contribution in [0.5, 0.6) is 5.75 Å². The fourth-order valence-electron chi connectivity index (χ4n) is 10.8. The summed E-state index contributed by atoms with van der Waals surface area (Å²) in [7, 11) is 0. The van der Waals surface area contributed by atoms with E-state index in [9.17, 15) is 43.2 Å². The molecule has 492 valence electrons. The van der Waals surface area contributed by atoms with E-state index in [0.29, 0.717) is 58.7 Å². The molecule has 1 fully saturated rings. The first-order valence-corrected chi connectivity index (χ1v) is 34.6. The van der Waals surface area contributed by atoms with Crippen LogP contribution in [-0.4, -0.2) is 129 Å². The van der Waals surface area contributed by atoms with Crippen LogP contribution in [0.3, 0.4) is 0 Å². The minimum Gasteiger partial charge on any atom is -0.460 e. The Labute approximate surface area is 571 Å². The number of esters is 3. The zero-order chi connectivity index (χ0) is 68.2.